The van der Waals surface area contributed by atoms with Crippen LogP contribution in [-0.4, -0.2) is 18.0 Å². The molecule has 1 amide bonds. The summed E-state index contributed by atoms with van der Waals surface area (Å²) in [5, 5.41) is 0. The predicted octanol–water partition coefficient (Wildman–Crippen LogP) is 2.86. The van der Waals surface area contributed by atoms with Gasteiger partial charge >= 0.3 is 0 Å². The SMILES string of the molecule is NC(=O)C1(Cc2ccccc2)CCCC(F)C1(F)F. The molecule has 1 aromatic rings. The fourth-order valence-electron chi connectivity index (χ4n) is 2.76. The van der Waals surface area contributed by atoms with Gasteiger partial charge in [-0.1, -0.05) is 30.3 Å². The van der Waals surface area contributed by atoms with Crippen molar-refractivity contribution in [2.24, 2.45) is 11.1 Å². The van der Waals surface area contributed by atoms with Crippen molar-refractivity contribution in [2.45, 2.75) is 37.8 Å². The second-order valence-corrected chi connectivity index (χ2v) is 5.09. The van der Waals surface area contributed by atoms with Crippen LogP contribution in [0.15, 0.2) is 30.3 Å². The summed E-state index contributed by atoms with van der Waals surface area (Å²) in [5.41, 5.74) is 3.65. The lowest BCUT2D eigenvalue weighted by atomic mass is 9.66. The third-order valence-electron chi connectivity index (χ3n) is 3.91. The number of alkyl halides is 3. The second-order valence-electron chi connectivity index (χ2n) is 5.09. The number of hydrogen-bond donors (Lipinski definition) is 1. The zero-order valence-electron chi connectivity index (χ0n) is 10.4. The highest BCUT2D eigenvalue weighted by Gasteiger charge is 2.63. The van der Waals surface area contributed by atoms with Gasteiger partial charge in [0.1, 0.15) is 5.41 Å². The van der Waals surface area contributed by atoms with Crippen molar-refractivity contribution in [2.75, 3.05) is 0 Å². The molecule has 2 atom stereocenters. The molecule has 0 bridgehead atoms. The van der Waals surface area contributed by atoms with Crippen molar-refractivity contribution in [1.82, 2.24) is 0 Å². The minimum atomic E-state index is -3.72. The van der Waals surface area contributed by atoms with Gasteiger partial charge in [-0.3, -0.25) is 4.79 Å². The number of carbonyl (C=O) groups excluding carboxylic acids is 1. The summed E-state index contributed by atoms with van der Waals surface area (Å²) >= 11 is 0. The average Bonchev–Trinajstić information content (AvgIpc) is 2.36. The topological polar surface area (TPSA) is 43.1 Å². The fourth-order valence-corrected chi connectivity index (χ4v) is 2.76. The normalized spacial score (nSPS) is 29.9. The van der Waals surface area contributed by atoms with Gasteiger partial charge in [0.05, 0.1) is 0 Å². The Hall–Kier alpha value is -1.52. The first-order chi connectivity index (χ1) is 8.90. The number of rotatable bonds is 3. The summed E-state index contributed by atoms with van der Waals surface area (Å²) in [5.74, 6) is -4.84. The smallest absolute Gasteiger partial charge is 0.293 e. The summed E-state index contributed by atoms with van der Waals surface area (Å²) in [6, 6.07) is 8.42. The molecule has 0 radical (unpaired) electrons. The van der Waals surface area contributed by atoms with Gasteiger partial charge < -0.3 is 5.73 Å². The van der Waals surface area contributed by atoms with E-state index >= 15 is 0 Å². The van der Waals surface area contributed by atoms with Crippen molar-refractivity contribution in [3.63, 3.8) is 0 Å². The number of hydrogen-bond acceptors (Lipinski definition) is 1. The molecule has 0 heterocycles. The molecule has 0 aromatic heterocycles. The van der Waals surface area contributed by atoms with Crippen LogP contribution in [0, 0.1) is 5.41 Å². The molecule has 1 aliphatic rings. The molecule has 1 fully saturated rings. The van der Waals surface area contributed by atoms with E-state index in [4.69, 9.17) is 5.73 Å². The second kappa shape index (κ2) is 4.87. The predicted molar refractivity (Wildman–Crippen MR) is 65.5 cm³/mol. The summed E-state index contributed by atoms with van der Waals surface area (Å²) < 4.78 is 41.9. The Labute approximate surface area is 109 Å². The van der Waals surface area contributed by atoms with E-state index in [1.54, 1.807) is 30.3 Å². The lowest BCUT2D eigenvalue weighted by Gasteiger charge is -2.43. The van der Waals surface area contributed by atoms with E-state index in [0.717, 1.165) is 0 Å². The zero-order valence-corrected chi connectivity index (χ0v) is 10.4. The minimum Gasteiger partial charge on any atom is -0.369 e. The highest BCUT2D eigenvalue weighted by molar-refractivity contribution is 5.82. The number of benzene rings is 1. The van der Waals surface area contributed by atoms with Crippen molar-refractivity contribution in [1.29, 1.82) is 0 Å². The Balaban J connectivity index is 2.40. The van der Waals surface area contributed by atoms with Crippen molar-refractivity contribution in [3.8, 4) is 0 Å². The third kappa shape index (κ3) is 2.22. The highest BCUT2D eigenvalue weighted by Crippen LogP contribution is 2.51. The lowest BCUT2D eigenvalue weighted by Crippen LogP contribution is -2.59. The van der Waals surface area contributed by atoms with Crippen molar-refractivity contribution in [3.05, 3.63) is 35.9 Å². The molecule has 2 N–H and O–H groups in total. The molecular weight excluding hydrogens is 255 g/mol. The van der Waals surface area contributed by atoms with Crippen LogP contribution in [0.2, 0.25) is 0 Å². The number of halogens is 3. The van der Waals surface area contributed by atoms with Crippen LogP contribution in [0.4, 0.5) is 13.2 Å². The molecule has 19 heavy (non-hydrogen) atoms. The Kier molecular flexibility index (Phi) is 3.56. The standard InChI is InChI=1S/C14H16F3NO/c15-11-7-4-8-13(12(18)19,14(11,16)17)9-10-5-2-1-3-6-10/h1-3,5-6,11H,4,7-9H2,(H2,18,19). The maximum atomic E-state index is 14.2. The van der Waals surface area contributed by atoms with E-state index < -0.39 is 23.4 Å². The van der Waals surface area contributed by atoms with Crippen molar-refractivity contribution >= 4 is 5.91 Å². The molecule has 104 valence electrons. The molecule has 1 aromatic carbocycles. The van der Waals surface area contributed by atoms with Crippen LogP contribution < -0.4 is 5.73 Å². The summed E-state index contributed by atoms with van der Waals surface area (Å²) in [7, 11) is 0. The molecule has 2 unspecified atom stereocenters. The van der Waals surface area contributed by atoms with Crippen LogP contribution in [-0.2, 0) is 11.2 Å². The Morgan fingerprint density at radius 2 is 1.95 bits per heavy atom. The van der Waals surface area contributed by atoms with Gasteiger partial charge in [-0.25, -0.2) is 13.2 Å². The molecule has 0 spiro atoms. The molecule has 1 aliphatic carbocycles. The maximum Gasteiger partial charge on any atom is 0.293 e. The van der Waals surface area contributed by atoms with E-state index in [1.807, 2.05) is 0 Å². The Morgan fingerprint density at radius 1 is 1.32 bits per heavy atom. The largest absolute Gasteiger partial charge is 0.369 e. The fraction of sp³-hybridized carbons (Fsp3) is 0.500. The monoisotopic (exact) mass is 271 g/mol. The first-order valence-electron chi connectivity index (χ1n) is 6.26. The van der Waals surface area contributed by atoms with Gasteiger partial charge in [0, 0.05) is 0 Å². The molecular formula is C14H16F3NO. The summed E-state index contributed by atoms with van der Waals surface area (Å²) in [6.45, 7) is 0. The zero-order chi connectivity index (χ0) is 14.1. The molecule has 0 saturated heterocycles. The van der Waals surface area contributed by atoms with Gasteiger partial charge in [0.25, 0.3) is 5.92 Å². The number of nitrogens with two attached hydrogens (primary N) is 1. The van der Waals surface area contributed by atoms with Gasteiger partial charge in [-0.15, -0.1) is 0 Å². The molecule has 5 heteroatoms. The van der Waals surface area contributed by atoms with Crippen LogP contribution in [0.5, 0.6) is 0 Å². The van der Waals surface area contributed by atoms with Crippen LogP contribution >= 0.6 is 0 Å². The summed E-state index contributed by atoms with van der Waals surface area (Å²) in [4.78, 5) is 11.6. The number of amides is 1. The first kappa shape index (κ1) is 13.9. The Bertz CT molecular complexity index is 463. The van der Waals surface area contributed by atoms with Gasteiger partial charge in [-0.2, -0.15) is 0 Å². The van der Waals surface area contributed by atoms with Gasteiger partial charge in [0.2, 0.25) is 5.91 Å². The van der Waals surface area contributed by atoms with E-state index in [1.165, 1.54) is 0 Å². The van der Waals surface area contributed by atoms with E-state index in [2.05, 4.69) is 0 Å². The minimum absolute atomic E-state index is 0.0787. The molecule has 2 nitrogen and oxygen atoms in total. The lowest BCUT2D eigenvalue weighted by molar-refractivity contribution is -0.196. The average molecular weight is 271 g/mol. The number of carbonyl (C=O) groups is 1. The molecule has 2 rings (SSSR count). The van der Waals surface area contributed by atoms with Crippen molar-refractivity contribution < 1.29 is 18.0 Å². The molecule has 1 saturated carbocycles. The highest BCUT2D eigenvalue weighted by atomic mass is 19.3. The van der Waals surface area contributed by atoms with Crippen LogP contribution in [0.3, 0.4) is 0 Å². The van der Waals surface area contributed by atoms with Gasteiger partial charge in [-0.05, 0) is 31.2 Å². The first-order valence-corrected chi connectivity index (χ1v) is 6.26. The van der Waals surface area contributed by atoms with E-state index in [-0.39, 0.29) is 25.7 Å². The summed E-state index contributed by atoms with van der Waals surface area (Å²) in [6.07, 6.45) is -2.60. The van der Waals surface area contributed by atoms with E-state index in [0.29, 0.717) is 5.56 Å². The number of primary amides is 1. The van der Waals surface area contributed by atoms with E-state index in [9.17, 15) is 18.0 Å². The quantitative estimate of drug-likeness (QED) is 0.902. The van der Waals surface area contributed by atoms with Crippen LogP contribution in [0.1, 0.15) is 24.8 Å². The molecule has 0 aliphatic heterocycles. The van der Waals surface area contributed by atoms with Gasteiger partial charge in [0.15, 0.2) is 6.17 Å². The maximum absolute atomic E-state index is 14.2. The third-order valence-corrected chi connectivity index (χ3v) is 3.91. The Morgan fingerprint density at radius 3 is 2.53 bits per heavy atom. The van der Waals surface area contributed by atoms with Crippen LogP contribution in [0.25, 0.3) is 0 Å².